The lowest BCUT2D eigenvalue weighted by Crippen LogP contribution is -2.38. The summed E-state index contributed by atoms with van der Waals surface area (Å²) in [6, 6.07) is 9.59. The summed E-state index contributed by atoms with van der Waals surface area (Å²) < 4.78 is 28.4. The van der Waals surface area contributed by atoms with E-state index in [-0.39, 0.29) is 28.2 Å². The number of halogens is 1. The van der Waals surface area contributed by atoms with Gasteiger partial charge in [0.25, 0.3) is 0 Å². The van der Waals surface area contributed by atoms with Crippen LogP contribution >= 0.6 is 35.3 Å². The smallest absolute Gasteiger partial charge is 0.247 e. The van der Waals surface area contributed by atoms with E-state index in [1.807, 2.05) is 13.0 Å². The van der Waals surface area contributed by atoms with Crippen molar-refractivity contribution in [1.29, 1.82) is 0 Å². The predicted octanol–water partition coefficient (Wildman–Crippen LogP) is 2.25. The van der Waals surface area contributed by atoms with Gasteiger partial charge in [-0.3, -0.25) is 0 Å². The van der Waals surface area contributed by atoms with Gasteiger partial charge in [-0.15, -0.1) is 35.3 Å². The lowest BCUT2D eigenvalue weighted by Gasteiger charge is -2.11. The maximum Gasteiger partial charge on any atom is 0.247 e. The number of rotatable bonds is 7. The first kappa shape index (κ1) is 22.9. The van der Waals surface area contributed by atoms with E-state index in [1.54, 1.807) is 6.07 Å². The van der Waals surface area contributed by atoms with Crippen molar-refractivity contribution in [3.8, 4) is 5.75 Å². The molecule has 3 rings (SSSR count). The SMILES string of the molecule is CCNC(=NCc1ccc(S(N)(=O)=O)s1)NCCc1ccc2c(c1)CCO2.I. The van der Waals surface area contributed by atoms with E-state index in [2.05, 4.69) is 27.8 Å². The van der Waals surface area contributed by atoms with Crippen molar-refractivity contribution >= 4 is 51.3 Å². The molecule has 0 bridgehead atoms. The molecule has 0 fully saturated rings. The summed E-state index contributed by atoms with van der Waals surface area (Å²) in [5.74, 6) is 1.70. The van der Waals surface area contributed by atoms with Crippen molar-refractivity contribution in [2.24, 2.45) is 10.1 Å². The van der Waals surface area contributed by atoms with Crippen LogP contribution in [0.4, 0.5) is 0 Å². The standard InChI is InChI=1S/C18H24N4O3S2.HI/c1-2-20-18(22-12-15-4-6-17(26-15)27(19,23)24)21-9-7-13-3-5-16-14(11-13)8-10-25-16;/h3-6,11H,2,7-10,12H2,1H3,(H2,19,23,24)(H2,20,21,22);1H. The van der Waals surface area contributed by atoms with E-state index in [1.165, 1.54) is 17.2 Å². The summed E-state index contributed by atoms with van der Waals surface area (Å²) in [7, 11) is -3.65. The summed E-state index contributed by atoms with van der Waals surface area (Å²) in [4.78, 5) is 5.36. The van der Waals surface area contributed by atoms with Crippen molar-refractivity contribution in [2.45, 2.75) is 30.5 Å². The number of hydrogen-bond donors (Lipinski definition) is 3. The molecule has 0 radical (unpaired) electrons. The van der Waals surface area contributed by atoms with E-state index in [0.29, 0.717) is 12.5 Å². The number of ether oxygens (including phenoxy) is 1. The van der Waals surface area contributed by atoms with Crippen LogP contribution in [0.1, 0.15) is 22.9 Å². The second-order valence-corrected chi connectivity index (χ2v) is 9.13. The van der Waals surface area contributed by atoms with Crippen LogP contribution in [0.25, 0.3) is 0 Å². The van der Waals surface area contributed by atoms with Crippen LogP contribution < -0.4 is 20.5 Å². The number of guanidine groups is 1. The molecular formula is C18H25IN4O3S2. The molecule has 10 heteroatoms. The van der Waals surface area contributed by atoms with Gasteiger partial charge in [0.1, 0.15) is 9.96 Å². The van der Waals surface area contributed by atoms with Gasteiger partial charge in [0.2, 0.25) is 10.0 Å². The van der Waals surface area contributed by atoms with E-state index >= 15 is 0 Å². The molecule has 2 heterocycles. The zero-order valence-electron chi connectivity index (χ0n) is 15.6. The van der Waals surface area contributed by atoms with Gasteiger partial charge in [0, 0.05) is 24.4 Å². The molecule has 0 unspecified atom stereocenters. The molecule has 154 valence electrons. The average molecular weight is 536 g/mol. The van der Waals surface area contributed by atoms with Crippen molar-refractivity contribution in [1.82, 2.24) is 10.6 Å². The Morgan fingerprint density at radius 2 is 2.11 bits per heavy atom. The fraction of sp³-hybridized carbons (Fsp3) is 0.389. The zero-order chi connectivity index (χ0) is 19.3. The summed E-state index contributed by atoms with van der Waals surface area (Å²) in [5.41, 5.74) is 2.54. The normalized spacial score (nSPS) is 13.4. The Kier molecular flexibility index (Phi) is 8.53. The fourth-order valence-electron chi connectivity index (χ4n) is 2.82. The number of nitrogens with zero attached hydrogens (tertiary/aromatic N) is 1. The summed E-state index contributed by atoms with van der Waals surface area (Å²) in [5, 5.41) is 11.7. The van der Waals surface area contributed by atoms with Crippen molar-refractivity contribution in [3.63, 3.8) is 0 Å². The van der Waals surface area contributed by atoms with Gasteiger partial charge in [0.05, 0.1) is 13.2 Å². The Labute approximate surface area is 186 Å². The number of aliphatic imine (C=N–C) groups is 1. The average Bonchev–Trinajstić information content (AvgIpc) is 3.28. The molecule has 2 aromatic rings. The van der Waals surface area contributed by atoms with Gasteiger partial charge >= 0.3 is 0 Å². The number of nitrogens with one attached hydrogen (secondary N) is 2. The Hall–Kier alpha value is -1.37. The highest BCUT2D eigenvalue weighted by atomic mass is 127. The molecule has 0 spiro atoms. The van der Waals surface area contributed by atoms with Gasteiger partial charge in [-0.2, -0.15) is 0 Å². The van der Waals surface area contributed by atoms with Crippen LogP contribution in [-0.2, 0) is 29.4 Å². The first-order valence-electron chi connectivity index (χ1n) is 8.84. The molecule has 0 saturated carbocycles. The third kappa shape index (κ3) is 6.33. The summed E-state index contributed by atoms with van der Waals surface area (Å²) in [6.45, 7) is 4.66. The number of primary sulfonamides is 1. The molecule has 0 aliphatic carbocycles. The number of fused-ring (bicyclic) bond motifs is 1. The van der Waals surface area contributed by atoms with Gasteiger partial charge in [-0.1, -0.05) is 12.1 Å². The highest BCUT2D eigenvalue weighted by Gasteiger charge is 2.12. The molecule has 0 saturated heterocycles. The molecule has 1 aromatic carbocycles. The van der Waals surface area contributed by atoms with Gasteiger partial charge < -0.3 is 15.4 Å². The lowest BCUT2D eigenvalue weighted by atomic mass is 10.1. The number of nitrogens with two attached hydrogens (primary N) is 1. The Balaban J connectivity index is 0.00000280. The minimum Gasteiger partial charge on any atom is -0.493 e. The quantitative estimate of drug-likeness (QED) is 0.286. The highest BCUT2D eigenvalue weighted by molar-refractivity contribution is 14.0. The summed E-state index contributed by atoms with van der Waals surface area (Å²) >= 11 is 1.14. The van der Waals surface area contributed by atoms with Crippen LogP contribution in [0.5, 0.6) is 5.75 Å². The Morgan fingerprint density at radius 1 is 1.29 bits per heavy atom. The maximum atomic E-state index is 11.4. The van der Waals surface area contributed by atoms with Crippen LogP contribution in [0.15, 0.2) is 39.5 Å². The lowest BCUT2D eigenvalue weighted by molar-refractivity contribution is 0.357. The second kappa shape index (κ2) is 10.4. The number of benzene rings is 1. The van der Waals surface area contributed by atoms with Crippen molar-refractivity contribution < 1.29 is 13.2 Å². The first-order valence-corrected chi connectivity index (χ1v) is 11.2. The van der Waals surface area contributed by atoms with Gasteiger partial charge in [-0.25, -0.2) is 18.5 Å². The van der Waals surface area contributed by atoms with Gasteiger partial charge in [-0.05, 0) is 42.7 Å². The second-order valence-electron chi connectivity index (χ2n) is 6.18. The zero-order valence-corrected chi connectivity index (χ0v) is 19.6. The Morgan fingerprint density at radius 3 is 2.82 bits per heavy atom. The number of thiophene rings is 1. The van der Waals surface area contributed by atoms with Gasteiger partial charge in [0.15, 0.2) is 5.96 Å². The molecular weight excluding hydrogens is 511 g/mol. The molecule has 0 amide bonds. The fourth-order valence-corrected chi connectivity index (χ4v) is 4.52. The molecule has 1 aliphatic heterocycles. The third-order valence-electron chi connectivity index (χ3n) is 4.11. The Bertz CT molecular complexity index is 929. The van der Waals surface area contributed by atoms with E-state index in [9.17, 15) is 8.42 Å². The van der Waals surface area contributed by atoms with Crippen LogP contribution in [0.3, 0.4) is 0 Å². The van der Waals surface area contributed by atoms with E-state index in [4.69, 9.17) is 9.88 Å². The molecule has 1 aromatic heterocycles. The molecule has 28 heavy (non-hydrogen) atoms. The van der Waals surface area contributed by atoms with Crippen molar-refractivity contribution in [3.05, 3.63) is 46.3 Å². The summed E-state index contributed by atoms with van der Waals surface area (Å²) in [6.07, 6.45) is 1.86. The van der Waals surface area contributed by atoms with E-state index < -0.39 is 10.0 Å². The van der Waals surface area contributed by atoms with Crippen LogP contribution in [0, 0.1) is 0 Å². The molecule has 0 atom stereocenters. The first-order chi connectivity index (χ1) is 13.0. The maximum absolute atomic E-state index is 11.4. The predicted molar refractivity (Wildman–Crippen MR) is 123 cm³/mol. The highest BCUT2D eigenvalue weighted by Crippen LogP contribution is 2.26. The van der Waals surface area contributed by atoms with E-state index in [0.717, 1.165) is 54.5 Å². The molecule has 7 nitrogen and oxygen atoms in total. The molecule has 1 aliphatic rings. The number of hydrogen-bond acceptors (Lipinski definition) is 5. The minimum absolute atomic E-state index is 0. The third-order valence-corrected chi connectivity index (χ3v) is 6.62. The van der Waals surface area contributed by atoms with Crippen LogP contribution in [0.2, 0.25) is 0 Å². The van der Waals surface area contributed by atoms with Crippen molar-refractivity contribution in [2.75, 3.05) is 19.7 Å². The largest absolute Gasteiger partial charge is 0.493 e. The molecule has 4 N–H and O–H groups in total. The minimum atomic E-state index is -3.65. The number of sulfonamides is 1. The topological polar surface area (TPSA) is 106 Å². The van der Waals surface area contributed by atoms with Crippen LogP contribution in [-0.4, -0.2) is 34.1 Å². The monoisotopic (exact) mass is 536 g/mol.